The highest BCUT2D eigenvalue weighted by Gasteiger charge is 2.17. The van der Waals surface area contributed by atoms with Crippen molar-refractivity contribution in [3.63, 3.8) is 0 Å². The third-order valence-corrected chi connectivity index (χ3v) is 2.55. The molecule has 1 aromatic carbocycles. The third kappa shape index (κ3) is 1.70. The Morgan fingerprint density at radius 2 is 2.12 bits per heavy atom. The van der Waals surface area contributed by atoms with Gasteiger partial charge in [0.1, 0.15) is 0 Å². The van der Waals surface area contributed by atoms with E-state index < -0.39 is 0 Å². The summed E-state index contributed by atoms with van der Waals surface area (Å²) >= 11 is 0. The average molecular weight is 212 g/mol. The highest BCUT2D eigenvalue weighted by atomic mass is 16.5. The van der Waals surface area contributed by atoms with Crippen LogP contribution in [0.3, 0.4) is 0 Å². The largest absolute Gasteiger partial charge is 0.481 e. The molecule has 0 spiro atoms. The summed E-state index contributed by atoms with van der Waals surface area (Å²) in [6, 6.07) is 9.57. The molecule has 2 aromatic rings. The number of hydrogen-bond donors (Lipinski definition) is 0. The van der Waals surface area contributed by atoms with Gasteiger partial charge >= 0.3 is 0 Å². The standard InChI is InChI=1S/C13H12N2O/c1-9(14-2)11-8-10-6-4-5-7-12(10)15-13(11)16-3/h4-9H,1,3H3. The van der Waals surface area contributed by atoms with Crippen molar-refractivity contribution in [2.24, 2.45) is 0 Å². The Hall–Kier alpha value is -2.08. The van der Waals surface area contributed by atoms with E-state index >= 15 is 0 Å². The maximum Gasteiger partial charge on any atom is 0.251 e. The van der Waals surface area contributed by atoms with Crippen molar-refractivity contribution in [3.8, 4) is 5.88 Å². The van der Waals surface area contributed by atoms with Gasteiger partial charge < -0.3 is 9.58 Å². The summed E-state index contributed by atoms with van der Waals surface area (Å²) in [6.07, 6.45) is 0. The van der Waals surface area contributed by atoms with E-state index in [0.717, 1.165) is 16.5 Å². The number of aromatic nitrogens is 1. The lowest BCUT2D eigenvalue weighted by atomic mass is 10.1. The molecule has 0 radical (unpaired) electrons. The summed E-state index contributed by atoms with van der Waals surface area (Å²) in [5.41, 5.74) is 1.73. The molecule has 0 aliphatic rings. The second-order valence-electron chi connectivity index (χ2n) is 3.58. The number of nitrogens with zero attached hydrogens (tertiary/aromatic N) is 2. The van der Waals surface area contributed by atoms with Crippen molar-refractivity contribution in [2.75, 3.05) is 7.11 Å². The highest BCUT2D eigenvalue weighted by molar-refractivity contribution is 5.80. The fraction of sp³-hybridized carbons (Fsp3) is 0.231. The molecule has 0 saturated heterocycles. The van der Waals surface area contributed by atoms with Crippen molar-refractivity contribution in [2.45, 2.75) is 13.0 Å². The van der Waals surface area contributed by atoms with Crippen LogP contribution in [0.15, 0.2) is 30.3 Å². The predicted molar refractivity (Wildman–Crippen MR) is 63.3 cm³/mol. The third-order valence-electron chi connectivity index (χ3n) is 2.55. The van der Waals surface area contributed by atoms with Gasteiger partial charge in [0.15, 0.2) is 0 Å². The Kier molecular flexibility index (Phi) is 2.74. The predicted octanol–water partition coefficient (Wildman–Crippen LogP) is 3.22. The van der Waals surface area contributed by atoms with Gasteiger partial charge in [0.25, 0.3) is 6.04 Å². The molecule has 0 fully saturated rings. The Bertz CT molecular complexity index is 557. The highest BCUT2D eigenvalue weighted by Crippen LogP contribution is 2.29. The number of benzene rings is 1. The van der Waals surface area contributed by atoms with Gasteiger partial charge in [-0.05, 0) is 12.1 Å². The summed E-state index contributed by atoms with van der Waals surface area (Å²) in [5.74, 6) is 0.544. The summed E-state index contributed by atoms with van der Waals surface area (Å²) in [4.78, 5) is 7.90. The zero-order valence-corrected chi connectivity index (χ0v) is 9.27. The first kappa shape index (κ1) is 10.4. The molecule has 2 rings (SSSR count). The normalized spacial score (nSPS) is 12.1. The van der Waals surface area contributed by atoms with Crippen molar-refractivity contribution in [1.29, 1.82) is 0 Å². The van der Waals surface area contributed by atoms with Gasteiger partial charge in [-0.3, -0.25) is 0 Å². The molecule has 3 heteroatoms. The van der Waals surface area contributed by atoms with Crippen molar-refractivity contribution >= 4 is 10.9 Å². The quantitative estimate of drug-likeness (QED) is 0.714. The Morgan fingerprint density at radius 1 is 1.38 bits per heavy atom. The van der Waals surface area contributed by atoms with Crippen LogP contribution in [0.25, 0.3) is 15.7 Å². The second-order valence-corrected chi connectivity index (χ2v) is 3.58. The number of pyridine rings is 1. The van der Waals surface area contributed by atoms with Gasteiger partial charge in [-0.15, -0.1) is 0 Å². The smallest absolute Gasteiger partial charge is 0.251 e. The number of para-hydroxylation sites is 1. The van der Waals surface area contributed by atoms with E-state index in [2.05, 4.69) is 9.83 Å². The molecule has 0 bridgehead atoms. The summed E-state index contributed by atoms with van der Waals surface area (Å²) in [7, 11) is 1.58. The first-order valence-electron chi connectivity index (χ1n) is 5.06. The SMILES string of the molecule is [C-]#[N+]C(C)c1cc2ccccc2nc1OC. The Balaban J connectivity index is 2.68. The molecular formula is C13H12N2O. The molecule has 80 valence electrons. The second kappa shape index (κ2) is 4.19. The fourth-order valence-electron chi connectivity index (χ4n) is 1.65. The average Bonchev–Trinajstić information content (AvgIpc) is 2.36. The van der Waals surface area contributed by atoms with E-state index in [1.54, 1.807) is 7.11 Å². The number of hydrogen-bond acceptors (Lipinski definition) is 2. The van der Waals surface area contributed by atoms with Crippen LogP contribution in [0.5, 0.6) is 5.88 Å². The van der Waals surface area contributed by atoms with Crippen LogP contribution < -0.4 is 4.74 Å². The number of fused-ring (bicyclic) bond motifs is 1. The van der Waals surface area contributed by atoms with Crippen LogP contribution in [0, 0.1) is 6.57 Å². The van der Waals surface area contributed by atoms with Gasteiger partial charge in [-0.1, -0.05) is 18.2 Å². The minimum Gasteiger partial charge on any atom is -0.481 e. The Labute approximate surface area is 94.5 Å². The van der Waals surface area contributed by atoms with E-state index in [1.807, 2.05) is 37.3 Å². The molecule has 1 unspecified atom stereocenters. The molecule has 0 N–H and O–H groups in total. The molecule has 0 aliphatic carbocycles. The summed E-state index contributed by atoms with van der Waals surface area (Å²) in [5, 5.41) is 1.04. The molecule has 0 amide bonds. The van der Waals surface area contributed by atoms with E-state index in [-0.39, 0.29) is 6.04 Å². The molecule has 0 saturated carbocycles. The van der Waals surface area contributed by atoms with Crippen molar-refractivity contribution in [3.05, 3.63) is 47.3 Å². The van der Waals surface area contributed by atoms with E-state index in [9.17, 15) is 0 Å². The van der Waals surface area contributed by atoms with Crippen LogP contribution in [0.1, 0.15) is 18.5 Å². The molecule has 1 atom stereocenters. The molecule has 16 heavy (non-hydrogen) atoms. The zero-order chi connectivity index (χ0) is 11.5. The van der Waals surface area contributed by atoms with Crippen LogP contribution in [0.2, 0.25) is 0 Å². The van der Waals surface area contributed by atoms with Crippen LogP contribution in [0.4, 0.5) is 0 Å². The number of rotatable bonds is 2. The minimum absolute atomic E-state index is 0.230. The van der Waals surface area contributed by atoms with Crippen LogP contribution in [-0.4, -0.2) is 12.1 Å². The van der Waals surface area contributed by atoms with Crippen LogP contribution in [-0.2, 0) is 0 Å². The van der Waals surface area contributed by atoms with Gasteiger partial charge in [0.05, 0.1) is 18.2 Å². The van der Waals surface area contributed by atoms with E-state index in [1.165, 1.54) is 0 Å². The lowest BCUT2D eigenvalue weighted by Crippen LogP contribution is -1.97. The van der Waals surface area contributed by atoms with Crippen molar-refractivity contribution in [1.82, 2.24) is 4.98 Å². The monoisotopic (exact) mass is 212 g/mol. The van der Waals surface area contributed by atoms with Gasteiger partial charge in [0.2, 0.25) is 5.88 Å². The first-order valence-corrected chi connectivity index (χ1v) is 5.06. The lowest BCUT2D eigenvalue weighted by Gasteiger charge is -2.08. The summed E-state index contributed by atoms with van der Waals surface area (Å²) in [6.45, 7) is 8.92. The molecule has 1 aromatic heterocycles. The minimum atomic E-state index is -0.230. The van der Waals surface area contributed by atoms with Crippen LogP contribution >= 0.6 is 0 Å². The maximum atomic E-state index is 7.07. The molecule has 3 nitrogen and oxygen atoms in total. The number of ether oxygens (including phenoxy) is 1. The first-order chi connectivity index (χ1) is 7.76. The van der Waals surface area contributed by atoms with Crippen molar-refractivity contribution < 1.29 is 4.74 Å². The van der Waals surface area contributed by atoms with Gasteiger partial charge in [-0.25, -0.2) is 11.6 Å². The molecular weight excluding hydrogens is 200 g/mol. The van der Waals surface area contributed by atoms with Gasteiger partial charge in [-0.2, -0.15) is 0 Å². The number of methoxy groups -OCH3 is 1. The maximum absolute atomic E-state index is 7.07. The molecule has 0 aliphatic heterocycles. The van der Waals surface area contributed by atoms with E-state index in [0.29, 0.717) is 5.88 Å². The molecule has 1 heterocycles. The Morgan fingerprint density at radius 3 is 2.81 bits per heavy atom. The zero-order valence-electron chi connectivity index (χ0n) is 9.27. The topological polar surface area (TPSA) is 26.5 Å². The lowest BCUT2D eigenvalue weighted by molar-refractivity contribution is 0.393. The van der Waals surface area contributed by atoms with E-state index in [4.69, 9.17) is 11.3 Å². The fourth-order valence-corrected chi connectivity index (χ4v) is 1.65. The summed E-state index contributed by atoms with van der Waals surface area (Å²) < 4.78 is 5.22. The van der Waals surface area contributed by atoms with Gasteiger partial charge in [0, 0.05) is 12.3 Å².